The van der Waals surface area contributed by atoms with E-state index in [9.17, 15) is 0 Å². The van der Waals surface area contributed by atoms with Gasteiger partial charge < -0.3 is 11.1 Å². The molecular weight excluding hydrogens is 202 g/mol. The van der Waals surface area contributed by atoms with Crippen molar-refractivity contribution in [2.45, 2.75) is 18.8 Å². The molecule has 0 aliphatic carbocycles. The van der Waals surface area contributed by atoms with Crippen molar-refractivity contribution in [3.8, 4) is 0 Å². The standard InChI is InChI=1S/C11H15N5/c12-10-3-6-14-11-7-9(15-16(10)11)8-1-4-13-5-2-8/h3,6-8,13H,1-2,4-5,12H2. The van der Waals surface area contributed by atoms with Crippen LogP contribution in [0, 0.1) is 0 Å². The molecule has 3 heterocycles. The molecule has 2 aromatic rings. The van der Waals surface area contributed by atoms with Gasteiger partial charge >= 0.3 is 0 Å². The number of aromatic nitrogens is 3. The summed E-state index contributed by atoms with van der Waals surface area (Å²) in [4.78, 5) is 4.26. The molecule has 0 unspecified atom stereocenters. The summed E-state index contributed by atoms with van der Waals surface area (Å²) in [5.41, 5.74) is 7.81. The largest absolute Gasteiger partial charge is 0.384 e. The molecule has 5 nitrogen and oxygen atoms in total. The first-order valence-electron chi connectivity index (χ1n) is 5.65. The van der Waals surface area contributed by atoms with Gasteiger partial charge in [0, 0.05) is 18.2 Å². The zero-order chi connectivity index (χ0) is 11.0. The molecule has 1 aliphatic rings. The minimum absolute atomic E-state index is 0.544. The second kappa shape index (κ2) is 3.75. The Kier molecular flexibility index (Phi) is 2.25. The van der Waals surface area contributed by atoms with Crippen LogP contribution in [0.3, 0.4) is 0 Å². The predicted molar refractivity (Wildman–Crippen MR) is 62.2 cm³/mol. The summed E-state index contributed by atoms with van der Waals surface area (Å²) in [6.45, 7) is 2.14. The quantitative estimate of drug-likeness (QED) is 0.740. The molecule has 1 fully saturated rings. The van der Waals surface area contributed by atoms with Crippen molar-refractivity contribution in [1.29, 1.82) is 0 Å². The Balaban J connectivity index is 2.01. The Hall–Kier alpha value is -1.62. The van der Waals surface area contributed by atoms with E-state index in [1.807, 2.05) is 6.07 Å². The summed E-state index contributed by atoms with van der Waals surface area (Å²) in [5.74, 6) is 1.19. The second-order valence-electron chi connectivity index (χ2n) is 4.23. The summed E-state index contributed by atoms with van der Waals surface area (Å²) in [6, 6.07) is 3.82. The molecule has 1 saturated heterocycles. The van der Waals surface area contributed by atoms with Crippen molar-refractivity contribution in [3.63, 3.8) is 0 Å². The van der Waals surface area contributed by atoms with Gasteiger partial charge in [0.1, 0.15) is 5.82 Å². The SMILES string of the molecule is Nc1ccnc2cc(C3CCNCC3)nn12. The molecule has 3 rings (SSSR count). The van der Waals surface area contributed by atoms with Crippen LogP contribution in [0.25, 0.3) is 5.65 Å². The number of nitrogens with zero attached hydrogens (tertiary/aromatic N) is 3. The van der Waals surface area contributed by atoms with Crippen LogP contribution in [0.4, 0.5) is 5.82 Å². The van der Waals surface area contributed by atoms with E-state index in [4.69, 9.17) is 5.73 Å². The second-order valence-corrected chi connectivity index (χ2v) is 4.23. The lowest BCUT2D eigenvalue weighted by atomic mass is 9.95. The van der Waals surface area contributed by atoms with Gasteiger partial charge in [-0.1, -0.05) is 0 Å². The van der Waals surface area contributed by atoms with E-state index in [0.717, 1.165) is 37.3 Å². The van der Waals surface area contributed by atoms with Gasteiger partial charge in [0.2, 0.25) is 0 Å². The molecule has 84 valence electrons. The Morgan fingerprint density at radius 2 is 2.19 bits per heavy atom. The molecule has 16 heavy (non-hydrogen) atoms. The van der Waals surface area contributed by atoms with E-state index >= 15 is 0 Å². The summed E-state index contributed by atoms with van der Waals surface area (Å²) < 4.78 is 1.72. The highest BCUT2D eigenvalue weighted by Gasteiger charge is 2.18. The van der Waals surface area contributed by atoms with Gasteiger partial charge in [-0.2, -0.15) is 9.61 Å². The van der Waals surface area contributed by atoms with Crippen LogP contribution in [0.2, 0.25) is 0 Å². The van der Waals surface area contributed by atoms with E-state index in [-0.39, 0.29) is 0 Å². The van der Waals surface area contributed by atoms with Crippen LogP contribution >= 0.6 is 0 Å². The first-order chi connectivity index (χ1) is 7.84. The zero-order valence-electron chi connectivity index (χ0n) is 9.06. The lowest BCUT2D eigenvalue weighted by Crippen LogP contribution is -2.26. The van der Waals surface area contributed by atoms with Crippen LogP contribution in [0.15, 0.2) is 18.3 Å². The molecule has 0 radical (unpaired) electrons. The van der Waals surface area contributed by atoms with Crippen molar-refractivity contribution >= 4 is 11.5 Å². The molecule has 5 heteroatoms. The predicted octanol–water partition coefficient (Wildman–Crippen LogP) is 0.778. The molecule has 1 aliphatic heterocycles. The van der Waals surface area contributed by atoms with Gasteiger partial charge in [-0.05, 0) is 32.0 Å². The number of piperidine rings is 1. The fraction of sp³-hybridized carbons (Fsp3) is 0.455. The molecule has 0 saturated carbocycles. The lowest BCUT2D eigenvalue weighted by Gasteiger charge is -2.20. The third-order valence-electron chi connectivity index (χ3n) is 3.16. The summed E-state index contributed by atoms with van der Waals surface area (Å²) in [7, 11) is 0. The number of hydrogen-bond acceptors (Lipinski definition) is 4. The number of nitrogens with one attached hydrogen (secondary N) is 1. The molecule has 3 N–H and O–H groups in total. The Bertz CT molecular complexity index is 498. The van der Waals surface area contributed by atoms with Crippen molar-refractivity contribution in [2.75, 3.05) is 18.8 Å². The van der Waals surface area contributed by atoms with E-state index in [1.54, 1.807) is 16.8 Å². The van der Waals surface area contributed by atoms with Gasteiger partial charge in [0.15, 0.2) is 5.65 Å². The molecule has 0 amide bonds. The molecule has 0 atom stereocenters. The zero-order valence-corrected chi connectivity index (χ0v) is 9.06. The average Bonchev–Trinajstić information content (AvgIpc) is 2.76. The first-order valence-corrected chi connectivity index (χ1v) is 5.65. The number of hydrogen-bond donors (Lipinski definition) is 2. The lowest BCUT2D eigenvalue weighted by molar-refractivity contribution is 0.452. The van der Waals surface area contributed by atoms with E-state index in [1.165, 1.54) is 0 Å². The maximum atomic E-state index is 5.85. The number of nitrogen functional groups attached to an aromatic ring is 1. The monoisotopic (exact) mass is 217 g/mol. The van der Waals surface area contributed by atoms with Crippen molar-refractivity contribution in [3.05, 3.63) is 24.0 Å². The van der Waals surface area contributed by atoms with Crippen molar-refractivity contribution in [2.24, 2.45) is 0 Å². The third kappa shape index (κ3) is 1.53. The highest BCUT2D eigenvalue weighted by molar-refractivity contribution is 5.46. The highest BCUT2D eigenvalue weighted by Crippen LogP contribution is 2.24. The van der Waals surface area contributed by atoms with E-state index in [0.29, 0.717) is 11.7 Å². The Morgan fingerprint density at radius 3 is 2.94 bits per heavy atom. The first kappa shape index (κ1) is 9.59. The minimum atomic E-state index is 0.544. The van der Waals surface area contributed by atoms with Gasteiger partial charge in [0.25, 0.3) is 0 Å². The number of nitrogens with two attached hydrogens (primary N) is 1. The normalized spacial score (nSPS) is 18.0. The average molecular weight is 217 g/mol. The smallest absolute Gasteiger partial charge is 0.157 e. The van der Waals surface area contributed by atoms with Gasteiger partial charge in [-0.25, -0.2) is 4.98 Å². The van der Waals surface area contributed by atoms with Crippen molar-refractivity contribution in [1.82, 2.24) is 19.9 Å². The summed E-state index contributed by atoms with van der Waals surface area (Å²) in [5, 5.41) is 7.89. The van der Waals surface area contributed by atoms with Gasteiger partial charge in [-0.3, -0.25) is 0 Å². The number of fused-ring (bicyclic) bond motifs is 1. The fourth-order valence-electron chi connectivity index (χ4n) is 2.25. The molecule has 2 aromatic heterocycles. The van der Waals surface area contributed by atoms with Crippen LogP contribution in [0.5, 0.6) is 0 Å². The van der Waals surface area contributed by atoms with Crippen LogP contribution in [-0.4, -0.2) is 27.7 Å². The molecule has 0 spiro atoms. The van der Waals surface area contributed by atoms with Gasteiger partial charge in [0.05, 0.1) is 5.69 Å². The van der Waals surface area contributed by atoms with E-state index in [2.05, 4.69) is 15.4 Å². The third-order valence-corrected chi connectivity index (χ3v) is 3.16. The molecule has 0 bridgehead atoms. The highest BCUT2D eigenvalue weighted by atomic mass is 15.3. The number of rotatable bonds is 1. The fourth-order valence-corrected chi connectivity index (χ4v) is 2.25. The molecule has 0 aromatic carbocycles. The van der Waals surface area contributed by atoms with Crippen LogP contribution in [-0.2, 0) is 0 Å². The van der Waals surface area contributed by atoms with E-state index < -0.39 is 0 Å². The summed E-state index contributed by atoms with van der Waals surface area (Å²) >= 11 is 0. The van der Waals surface area contributed by atoms with Crippen LogP contribution < -0.4 is 11.1 Å². The maximum absolute atomic E-state index is 5.85. The summed E-state index contributed by atoms with van der Waals surface area (Å²) in [6.07, 6.45) is 4.01. The topological polar surface area (TPSA) is 68.2 Å². The number of anilines is 1. The Labute approximate surface area is 93.7 Å². The van der Waals surface area contributed by atoms with Gasteiger partial charge in [-0.15, -0.1) is 0 Å². The van der Waals surface area contributed by atoms with Crippen molar-refractivity contribution < 1.29 is 0 Å². The van der Waals surface area contributed by atoms with Crippen LogP contribution in [0.1, 0.15) is 24.5 Å². The molecular formula is C11H15N5. The minimum Gasteiger partial charge on any atom is -0.384 e. The maximum Gasteiger partial charge on any atom is 0.157 e. The Morgan fingerprint density at radius 1 is 1.38 bits per heavy atom.